The molecule has 2 heterocycles. The van der Waals surface area contributed by atoms with Gasteiger partial charge in [0.25, 0.3) is 0 Å². The molecule has 28 heavy (non-hydrogen) atoms. The van der Waals surface area contributed by atoms with Crippen LogP contribution in [0.1, 0.15) is 81.6 Å². The molecule has 1 N–H and O–H groups in total. The second-order valence-corrected chi connectivity index (χ2v) is 8.50. The summed E-state index contributed by atoms with van der Waals surface area (Å²) in [6.45, 7) is 19.3. The predicted molar refractivity (Wildman–Crippen MR) is 123 cm³/mol. The SMILES string of the molecule is C/C(=C/O)CC(C)C.CC.CCC(C)(C)C/C=C(\C)n1n2c3ccccc3n12. The number of fused-ring (bicyclic) bond motifs is 4. The van der Waals surface area contributed by atoms with Crippen LogP contribution in [0, 0.1) is 11.3 Å². The molecule has 4 nitrogen and oxygen atoms in total. The van der Waals surface area contributed by atoms with E-state index in [1.807, 2.05) is 20.8 Å². The Morgan fingerprint density at radius 1 is 1.07 bits per heavy atom. The number of hydrogen-bond acceptors (Lipinski definition) is 1. The summed E-state index contributed by atoms with van der Waals surface area (Å²) < 4.78 is 4.42. The molecule has 1 aromatic carbocycles. The summed E-state index contributed by atoms with van der Waals surface area (Å²) >= 11 is 0. The molecule has 0 fully saturated rings. The summed E-state index contributed by atoms with van der Waals surface area (Å²) in [6.07, 6.45) is 6.87. The molecule has 0 unspecified atom stereocenters. The van der Waals surface area contributed by atoms with E-state index in [0.29, 0.717) is 11.3 Å². The molecular weight excluding hydrogens is 346 g/mol. The fraction of sp³-hybridized carbons (Fsp3) is 0.583. The van der Waals surface area contributed by atoms with E-state index in [1.54, 1.807) is 0 Å². The minimum absolute atomic E-state index is 0.397. The Hall–Kier alpha value is -2.10. The van der Waals surface area contributed by atoms with Gasteiger partial charge in [-0.25, -0.2) is 0 Å². The van der Waals surface area contributed by atoms with Gasteiger partial charge in [0, 0.05) is 0 Å². The van der Waals surface area contributed by atoms with E-state index >= 15 is 0 Å². The van der Waals surface area contributed by atoms with Gasteiger partial charge in [-0.3, -0.25) is 0 Å². The Morgan fingerprint density at radius 2 is 1.57 bits per heavy atom. The van der Waals surface area contributed by atoms with Crippen LogP contribution in [-0.2, 0) is 0 Å². The molecule has 0 bridgehead atoms. The summed E-state index contributed by atoms with van der Waals surface area (Å²) in [7, 11) is 0. The summed E-state index contributed by atoms with van der Waals surface area (Å²) in [5, 5.41) is 8.42. The van der Waals surface area contributed by atoms with Crippen molar-refractivity contribution in [1.29, 1.82) is 0 Å². The zero-order valence-corrected chi connectivity index (χ0v) is 19.5. The number of aliphatic hydroxyl groups is 1. The molecule has 2 aromatic heterocycles. The Balaban J connectivity index is 0.000000334. The van der Waals surface area contributed by atoms with Crippen molar-refractivity contribution in [2.75, 3.05) is 0 Å². The third-order valence-electron chi connectivity index (χ3n) is 4.99. The summed E-state index contributed by atoms with van der Waals surface area (Å²) in [5.41, 5.74) is 5.38. The normalized spacial score (nSPS) is 13.1. The van der Waals surface area contributed by atoms with Gasteiger partial charge in [0.15, 0.2) is 0 Å². The first-order valence-electron chi connectivity index (χ1n) is 10.7. The summed E-state index contributed by atoms with van der Waals surface area (Å²) in [6, 6.07) is 8.50. The monoisotopic (exact) mass is 387 g/mol. The standard InChI is InChI=1S/C15H21N3.C7H14O.C2H6/c1-5-15(3,4)11-10-12(2)16-17-13-8-6-7-9-14(13)18(16)17;1-6(2)4-7(3)5-8;1-2/h6-10H,5,11H2,1-4H3;5-6,8H,4H2,1-3H3;1-2H3/b12-10+;7-5-;. The lowest BCUT2D eigenvalue weighted by Crippen LogP contribution is -2.07. The third-order valence-corrected chi connectivity index (χ3v) is 4.99. The maximum absolute atomic E-state index is 8.42. The van der Waals surface area contributed by atoms with Gasteiger partial charge < -0.3 is 5.11 Å². The maximum Gasteiger partial charge on any atom is 0.113 e. The van der Waals surface area contributed by atoms with Crippen LogP contribution in [0.3, 0.4) is 0 Å². The van der Waals surface area contributed by atoms with Crippen LogP contribution in [0.5, 0.6) is 0 Å². The van der Waals surface area contributed by atoms with E-state index < -0.39 is 0 Å². The lowest BCUT2D eigenvalue weighted by Gasteiger charge is -2.20. The minimum atomic E-state index is 0.397. The first-order chi connectivity index (χ1) is 13.2. The molecule has 4 heteroatoms. The Morgan fingerprint density at radius 3 is 1.93 bits per heavy atom. The number of allylic oxidation sites excluding steroid dienone is 3. The molecule has 3 rings (SSSR count). The van der Waals surface area contributed by atoms with Crippen molar-refractivity contribution in [3.05, 3.63) is 42.2 Å². The predicted octanol–water partition coefficient (Wildman–Crippen LogP) is 7.64. The highest BCUT2D eigenvalue weighted by Crippen LogP contribution is 2.29. The molecule has 0 aliphatic carbocycles. The van der Waals surface area contributed by atoms with E-state index in [1.165, 1.54) is 29.4 Å². The second-order valence-electron chi connectivity index (χ2n) is 8.50. The van der Waals surface area contributed by atoms with E-state index in [2.05, 4.69) is 85.9 Å². The topological polar surface area (TPSA) is 34.0 Å². The van der Waals surface area contributed by atoms with E-state index in [9.17, 15) is 0 Å². The largest absolute Gasteiger partial charge is 0.516 e. The lowest BCUT2D eigenvalue weighted by molar-refractivity contribution is 0.357. The van der Waals surface area contributed by atoms with Crippen LogP contribution in [0.4, 0.5) is 0 Å². The van der Waals surface area contributed by atoms with Crippen molar-refractivity contribution in [1.82, 2.24) is 14.1 Å². The van der Waals surface area contributed by atoms with Gasteiger partial charge in [-0.2, -0.15) is 4.80 Å². The number of nitrogens with zero attached hydrogens (tertiary/aromatic N) is 3. The van der Waals surface area contributed by atoms with Crippen molar-refractivity contribution in [2.24, 2.45) is 11.3 Å². The molecule has 0 atom stereocenters. The number of para-hydroxylation sites is 2. The Bertz CT molecular complexity index is 829. The van der Waals surface area contributed by atoms with Gasteiger partial charge in [-0.1, -0.05) is 73.1 Å². The molecule has 0 radical (unpaired) electrons. The Kier molecular flexibility index (Phi) is 8.93. The van der Waals surface area contributed by atoms with Crippen LogP contribution >= 0.6 is 0 Å². The average Bonchev–Trinajstić information content (AvgIpc) is 3.35. The zero-order valence-electron chi connectivity index (χ0n) is 19.5. The molecule has 0 aliphatic heterocycles. The van der Waals surface area contributed by atoms with Crippen molar-refractivity contribution in [3.8, 4) is 0 Å². The number of rotatable bonds is 6. The van der Waals surface area contributed by atoms with E-state index in [0.717, 1.165) is 18.4 Å². The highest BCUT2D eigenvalue weighted by atomic mass is 16.2. The van der Waals surface area contributed by atoms with Crippen LogP contribution in [-0.4, -0.2) is 19.2 Å². The lowest BCUT2D eigenvalue weighted by atomic mass is 9.86. The number of aromatic nitrogens is 3. The summed E-state index contributed by atoms with van der Waals surface area (Å²) in [5.74, 6) is 0.651. The van der Waals surface area contributed by atoms with Crippen molar-refractivity contribution in [2.45, 2.75) is 81.6 Å². The molecule has 0 saturated heterocycles. The molecule has 0 amide bonds. The molecule has 0 spiro atoms. The maximum atomic E-state index is 8.42. The smallest absolute Gasteiger partial charge is 0.113 e. The van der Waals surface area contributed by atoms with Crippen LogP contribution < -0.4 is 0 Å². The first kappa shape index (κ1) is 23.9. The van der Waals surface area contributed by atoms with Gasteiger partial charge >= 0.3 is 0 Å². The first-order valence-corrected chi connectivity index (χ1v) is 10.7. The Labute approximate surface area is 171 Å². The molecule has 3 aromatic rings. The van der Waals surface area contributed by atoms with Crippen molar-refractivity contribution in [3.63, 3.8) is 0 Å². The van der Waals surface area contributed by atoms with Gasteiger partial charge in [0.05, 0.1) is 12.0 Å². The third kappa shape index (κ3) is 5.95. The number of aliphatic hydroxyl groups excluding tert-OH is 1. The van der Waals surface area contributed by atoms with Gasteiger partial charge in [0.1, 0.15) is 11.0 Å². The van der Waals surface area contributed by atoms with E-state index in [4.69, 9.17) is 5.11 Å². The van der Waals surface area contributed by atoms with Crippen molar-refractivity contribution < 1.29 is 5.11 Å². The quantitative estimate of drug-likeness (QED) is 0.433. The summed E-state index contributed by atoms with van der Waals surface area (Å²) in [4.78, 5) is 2.23. The number of hydrogen-bond donors (Lipinski definition) is 1. The highest BCUT2D eigenvalue weighted by molar-refractivity contribution is 5.79. The second kappa shape index (κ2) is 10.4. The molecule has 0 saturated carbocycles. The molecule has 158 valence electrons. The van der Waals surface area contributed by atoms with Crippen LogP contribution in [0.2, 0.25) is 0 Å². The van der Waals surface area contributed by atoms with E-state index in [-0.39, 0.29) is 0 Å². The average molecular weight is 388 g/mol. The fourth-order valence-corrected chi connectivity index (χ4v) is 2.94. The minimum Gasteiger partial charge on any atom is -0.516 e. The van der Waals surface area contributed by atoms with Crippen LogP contribution in [0.15, 0.2) is 42.2 Å². The van der Waals surface area contributed by atoms with Gasteiger partial charge in [-0.05, 0) is 55.7 Å². The molecule has 0 aliphatic rings. The zero-order chi connectivity index (χ0) is 21.5. The highest BCUT2D eigenvalue weighted by Gasteiger charge is 2.23. The van der Waals surface area contributed by atoms with Crippen LogP contribution in [0.25, 0.3) is 16.7 Å². The fourth-order valence-electron chi connectivity index (χ4n) is 2.94. The van der Waals surface area contributed by atoms with Crippen molar-refractivity contribution >= 4 is 16.7 Å². The number of benzene rings is 1. The van der Waals surface area contributed by atoms with Gasteiger partial charge in [-0.15, -0.1) is 9.26 Å². The molecular formula is C24H41N3O. The van der Waals surface area contributed by atoms with Gasteiger partial charge in [0.2, 0.25) is 0 Å².